The summed E-state index contributed by atoms with van der Waals surface area (Å²) in [7, 11) is 1.89. The van der Waals surface area contributed by atoms with Crippen LogP contribution in [0.25, 0.3) is 22.0 Å². The minimum Gasteiger partial charge on any atom is -0.460 e. The average Bonchev–Trinajstić information content (AvgIpc) is 3.18. The molecule has 1 fully saturated rings. The average molecular weight is 449 g/mol. The van der Waals surface area contributed by atoms with Crippen molar-refractivity contribution < 1.29 is 14.3 Å². The molecule has 174 valence electrons. The number of ketones is 1. The minimum absolute atomic E-state index is 0.0391. The van der Waals surface area contributed by atoms with Crippen LogP contribution in [0.15, 0.2) is 36.9 Å². The molecule has 0 radical (unpaired) electrons. The highest BCUT2D eigenvalue weighted by atomic mass is 16.6. The Hall–Kier alpha value is -3.09. The molecule has 7 nitrogen and oxygen atoms in total. The monoisotopic (exact) mass is 448 g/mol. The summed E-state index contributed by atoms with van der Waals surface area (Å²) in [4.78, 5) is 34.0. The van der Waals surface area contributed by atoms with Gasteiger partial charge in [0, 0.05) is 60.4 Å². The van der Waals surface area contributed by atoms with Gasteiger partial charge < -0.3 is 4.74 Å². The zero-order valence-corrected chi connectivity index (χ0v) is 19.9. The summed E-state index contributed by atoms with van der Waals surface area (Å²) in [6.07, 6.45) is 11.5. The molecule has 1 aliphatic rings. The highest BCUT2D eigenvalue weighted by Crippen LogP contribution is 2.32. The van der Waals surface area contributed by atoms with Crippen molar-refractivity contribution in [3.8, 4) is 11.1 Å². The molecule has 0 amide bonds. The van der Waals surface area contributed by atoms with E-state index in [-0.39, 0.29) is 17.7 Å². The van der Waals surface area contributed by atoms with Crippen LogP contribution in [0.2, 0.25) is 0 Å². The zero-order chi connectivity index (χ0) is 23.6. The minimum atomic E-state index is -0.453. The van der Waals surface area contributed by atoms with Crippen LogP contribution >= 0.6 is 0 Å². The van der Waals surface area contributed by atoms with Gasteiger partial charge in [0.15, 0.2) is 0 Å². The fraction of sp³-hybridized carbons (Fsp3) is 0.500. The van der Waals surface area contributed by atoms with Crippen molar-refractivity contribution in [2.75, 3.05) is 0 Å². The maximum Gasteiger partial charge on any atom is 0.306 e. The van der Waals surface area contributed by atoms with Gasteiger partial charge in [0.05, 0.1) is 17.9 Å². The van der Waals surface area contributed by atoms with Gasteiger partial charge in [0.25, 0.3) is 0 Å². The lowest BCUT2D eigenvalue weighted by Gasteiger charge is -2.28. The molecule has 3 aromatic rings. The second kappa shape index (κ2) is 9.41. The van der Waals surface area contributed by atoms with Crippen LogP contribution in [0, 0.1) is 11.8 Å². The molecule has 1 aliphatic carbocycles. The highest BCUT2D eigenvalue weighted by Gasteiger charge is 2.29. The summed E-state index contributed by atoms with van der Waals surface area (Å²) in [6, 6.07) is 4.03. The Labute approximate surface area is 194 Å². The van der Waals surface area contributed by atoms with E-state index in [1.54, 1.807) is 10.9 Å². The Morgan fingerprint density at radius 2 is 1.79 bits per heavy atom. The van der Waals surface area contributed by atoms with Gasteiger partial charge in [0.1, 0.15) is 11.4 Å². The predicted octanol–water partition coefficient (Wildman–Crippen LogP) is 4.68. The summed E-state index contributed by atoms with van der Waals surface area (Å²) in [5, 5.41) is 5.19. The summed E-state index contributed by atoms with van der Waals surface area (Å²) in [5.74, 6) is 0.433. The number of aromatic nitrogens is 4. The summed E-state index contributed by atoms with van der Waals surface area (Å²) in [6.45, 7) is 5.66. The first-order valence-corrected chi connectivity index (χ1v) is 11.6. The second-order valence-corrected chi connectivity index (χ2v) is 10.1. The Bertz CT molecular complexity index is 1150. The quantitative estimate of drug-likeness (QED) is 0.509. The molecule has 0 aromatic carbocycles. The standard InChI is InChI=1S/C26H32N4O3/c1-26(2,3)33-25(32)9-17-5-7-18(8-6-17)24(31)12-22-11-19-10-20(13-28-23(19)15-27-22)21-14-29-30(4)16-21/h10-11,13-18H,5-9,12H2,1-4H3. The molecule has 4 rings (SSSR count). The zero-order valence-electron chi connectivity index (χ0n) is 19.9. The van der Waals surface area contributed by atoms with E-state index in [9.17, 15) is 9.59 Å². The van der Waals surface area contributed by atoms with Crippen molar-refractivity contribution in [3.05, 3.63) is 42.6 Å². The lowest BCUT2D eigenvalue weighted by molar-refractivity contribution is -0.156. The first-order chi connectivity index (χ1) is 15.7. The van der Waals surface area contributed by atoms with E-state index in [1.165, 1.54) is 0 Å². The van der Waals surface area contributed by atoms with E-state index in [4.69, 9.17) is 4.74 Å². The van der Waals surface area contributed by atoms with E-state index in [2.05, 4.69) is 21.1 Å². The van der Waals surface area contributed by atoms with Crippen molar-refractivity contribution in [2.24, 2.45) is 18.9 Å². The van der Waals surface area contributed by atoms with Gasteiger partial charge in [-0.15, -0.1) is 0 Å². The highest BCUT2D eigenvalue weighted by molar-refractivity contribution is 5.86. The second-order valence-electron chi connectivity index (χ2n) is 10.1. The molecule has 7 heteroatoms. The number of fused-ring (bicyclic) bond motifs is 1. The normalized spacial score (nSPS) is 18.9. The molecule has 3 aromatic heterocycles. The number of carbonyl (C=O) groups excluding carboxylic acids is 2. The molecule has 0 atom stereocenters. The van der Waals surface area contributed by atoms with Gasteiger partial charge in [-0.05, 0) is 64.5 Å². The molecule has 0 aliphatic heterocycles. The lowest BCUT2D eigenvalue weighted by Crippen LogP contribution is -2.28. The number of aryl methyl sites for hydroxylation is 1. The van der Waals surface area contributed by atoms with Crippen molar-refractivity contribution in [3.63, 3.8) is 0 Å². The number of nitrogens with zero attached hydrogens (tertiary/aromatic N) is 4. The summed E-state index contributed by atoms with van der Waals surface area (Å²) >= 11 is 0. The van der Waals surface area contributed by atoms with Crippen LogP contribution in [-0.4, -0.2) is 37.1 Å². The molecular weight excluding hydrogens is 416 g/mol. The number of hydrogen-bond donors (Lipinski definition) is 0. The third-order valence-corrected chi connectivity index (χ3v) is 6.20. The van der Waals surface area contributed by atoms with Crippen molar-refractivity contribution in [2.45, 2.75) is 64.9 Å². The molecule has 0 saturated heterocycles. The smallest absolute Gasteiger partial charge is 0.306 e. The van der Waals surface area contributed by atoms with E-state index in [0.29, 0.717) is 18.8 Å². The number of ether oxygens (including phenoxy) is 1. The molecule has 0 N–H and O–H groups in total. The Morgan fingerprint density at radius 3 is 2.45 bits per heavy atom. The van der Waals surface area contributed by atoms with E-state index >= 15 is 0 Å². The maximum absolute atomic E-state index is 13.0. The first-order valence-electron chi connectivity index (χ1n) is 11.6. The SMILES string of the molecule is Cn1cc(-c2cnc3cnc(CC(=O)C4CCC(CC(=O)OC(C)(C)C)CC4)cc3c2)cn1. The number of pyridine rings is 2. The third kappa shape index (κ3) is 6.03. The van der Waals surface area contributed by atoms with Gasteiger partial charge in [-0.25, -0.2) is 0 Å². The molecular formula is C26H32N4O3. The number of carbonyl (C=O) groups is 2. The Kier molecular flexibility index (Phi) is 6.58. The van der Waals surface area contributed by atoms with E-state index in [1.807, 2.05) is 52.5 Å². The van der Waals surface area contributed by atoms with Crippen LogP contribution < -0.4 is 0 Å². The van der Waals surface area contributed by atoms with Crippen molar-refractivity contribution in [1.29, 1.82) is 0 Å². The largest absolute Gasteiger partial charge is 0.460 e. The molecule has 0 bridgehead atoms. The molecule has 3 heterocycles. The summed E-state index contributed by atoms with van der Waals surface area (Å²) < 4.78 is 7.21. The Balaban J connectivity index is 1.35. The molecule has 33 heavy (non-hydrogen) atoms. The van der Waals surface area contributed by atoms with Gasteiger partial charge in [-0.1, -0.05) is 0 Å². The van der Waals surface area contributed by atoms with Crippen LogP contribution in [0.3, 0.4) is 0 Å². The fourth-order valence-corrected chi connectivity index (χ4v) is 4.53. The number of rotatable bonds is 6. The van der Waals surface area contributed by atoms with Gasteiger partial charge in [-0.3, -0.25) is 24.2 Å². The molecule has 0 spiro atoms. The van der Waals surface area contributed by atoms with Gasteiger partial charge in [-0.2, -0.15) is 5.10 Å². The van der Waals surface area contributed by atoms with Crippen LogP contribution in [0.5, 0.6) is 0 Å². The topological polar surface area (TPSA) is 87.0 Å². The van der Waals surface area contributed by atoms with Crippen LogP contribution in [0.1, 0.15) is 58.6 Å². The third-order valence-electron chi connectivity index (χ3n) is 6.20. The molecule has 1 saturated carbocycles. The number of hydrogen-bond acceptors (Lipinski definition) is 6. The number of esters is 1. The van der Waals surface area contributed by atoms with Crippen molar-refractivity contribution in [1.82, 2.24) is 19.7 Å². The summed E-state index contributed by atoms with van der Waals surface area (Å²) in [5.41, 5.74) is 3.12. The molecule has 0 unspecified atom stereocenters. The predicted molar refractivity (Wildman–Crippen MR) is 126 cm³/mol. The van der Waals surface area contributed by atoms with Crippen molar-refractivity contribution >= 4 is 22.7 Å². The Morgan fingerprint density at radius 1 is 1.03 bits per heavy atom. The maximum atomic E-state index is 13.0. The van der Waals surface area contributed by atoms with Gasteiger partial charge >= 0.3 is 5.97 Å². The van der Waals surface area contributed by atoms with Gasteiger partial charge in [0.2, 0.25) is 0 Å². The van der Waals surface area contributed by atoms with E-state index in [0.717, 1.165) is 53.4 Å². The number of Topliss-reactive ketones (excluding diaryl/α,β-unsaturated/α-hetero) is 1. The van der Waals surface area contributed by atoms with E-state index < -0.39 is 5.60 Å². The fourth-order valence-electron chi connectivity index (χ4n) is 4.53. The van der Waals surface area contributed by atoms with Crippen LogP contribution in [-0.2, 0) is 27.8 Å². The first kappa shape index (κ1) is 23.1. The lowest BCUT2D eigenvalue weighted by atomic mass is 9.78. The van der Waals surface area contributed by atoms with Crippen LogP contribution in [0.4, 0.5) is 0 Å².